The van der Waals surface area contributed by atoms with E-state index in [9.17, 15) is 9.59 Å². The van der Waals surface area contributed by atoms with Crippen molar-refractivity contribution in [2.75, 3.05) is 5.32 Å². The molecule has 0 aliphatic heterocycles. The predicted octanol–water partition coefficient (Wildman–Crippen LogP) is 2.86. The minimum Gasteiger partial charge on any atom is -0.322 e. The van der Waals surface area contributed by atoms with Crippen molar-refractivity contribution in [1.82, 2.24) is 14.8 Å². The maximum absolute atomic E-state index is 12.1. The zero-order valence-electron chi connectivity index (χ0n) is 12.4. The van der Waals surface area contributed by atoms with Gasteiger partial charge in [0.05, 0.1) is 29.7 Å². The second kappa shape index (κ2) is 7.17. The van der Waals surface area contributed by atoms with Crippen molar-refractivity contribution in [1.29, 1.82) is 0 Å². The third-order valence-corrected chi connectivity index (χ3v) is 3.49. The molecule has 116 valence electrons. The van der Waals surface area contributed by atoms with Gasteiger partial charge in [0.15, 0.2) is 5.15 Å². The number of anilines is 1. The van der Waals surface area contributed by atoms with Crippen LogP contribution in [0.25, 0.3) is 5.69 Å². The summed E-state index contributed by atoms with van der Waals surface area (Å²) < 4.78 is 1.52. The van der Waals surface area contributed by atoms with E-state index in [1.165, 1.54) is 4.68 Å². The third kappa shape index (κ3) is 3.71. The molecule has 1 N–H and O–H groups in total. The number of halogens is 1. The molecule has 2 heterocycles. The van der Waals surface area contributed by atoms with Crippen molar-refractivity contribution < 1.29 is 9.59 Å². The van der Waals surface area contributed by atoms with Crippen LogP contribution in [-0.2, 0) is 9.59 Å². The van der Waals surface area contributed by atoms with E-state index in [4.69, 9.17) is 11.6 Å². The topological polar surface area (TPSA) is 76.9 Å². The Hall–Kier alpha value is -2.21. The van der Waals surface area contributed by atoms with E-state index in [1.807, 2.05) is 13.0 Å². The summed E-state index contributed by atoms with van der Waals surface area (Å²) in [7, 11) is 0. The average molecular weight is 321 g/mol. The lowest BCUT2D eigenvalue weighted by atomic mass is 10.0. The zero-order valence-corrected chi connectivity index (χ0v) is 13.2. The molecule has 0 aliphatic carbocycles. The van der Waals surface area contributed by atoms with Crippen LogP contribution in [0.3, 0.4) is 0 Å². The molecule has 1 unspecified atom stereocenters. The number of amides is 1. The van der Waals surface area contributed by atoms with Gasteiger partial charge >= 0.3 is 0 Å². The van der Waals surface area contributed by atoms with Gasteiger partial charge in [0.2, 0.25) is 5.91 Å². The zero-order chi connectivity index (χ0) is 16.1. The van der Waals surface area contributed by atoms with Crippen LogP contribution in [0.2, 0.25) is 5.15 Å². The normalized spacial score (nSPS) is 12.0. The molecular weight excluding hydrogens is 304 g/mol. The summed E-state index contributed by atoms with van der Waals surface area (Å²) in [4.78, 5) is 27.8. The maximum atomic E-state index is 12.1. The van der Waals surface area contributed by atoms with Crippen LogP contribution in [0.5, 0.6) is 0 Å². The fourth-order valence-electron chi connectivity index (χ4n) is 1.91. The van der Waals surface area contributed by atoms with Gasteiger partial charge in [-0.25, -0.2) is 4.68 Å². The number of aromatic nitrogens is 3. The molecule has 1 atom stereocenters. The monoisotopic (exact) mass is 320 g/mol. The first kappa shape index (κ1) is 16.2. The van der Waals surface area contributed by atoms with Gasteiger partial charge in [0.1, 0.15) is 5.78 Å². The molecule has 0 fully saturated rings. The van der Waals surface area contributed by atoms with E-state index >= 15 is 0 Å². The first-order valence-electron chi connectivity index (χ1n) is 7.02. The molecule has 0 aliphatic rings. The van der Waals surface area contributed by atoms with Crippen molar-refractivity contribution in [2.45, 2.75) is 26.7 Å². The van der Waals surface area contributed by atoms with Gasteiger partial charge < -0.3 is 5.32 Å². The van der Waals surface area contributed by atoms with Gasteiger partial charge in [-0.05, 0) is 25.5 Å². The molecule has 0 saturated carbocycles. The molecule has 2 aromatic heterocycles. The summed E-state index contributed by atoms with van der Waals surface area (Å²) in [5, 5.41) is 6.92. The van der Waals surface area contributed by atoms with Crippen molar-refractivity contribution in [3.63, 3.8) is 0 Å². The lowest BCUT2D eigenvalue weighted by Crippen LogP contribution is -2.27. The smallest absolute Gasteiger partial charge is 0.234 e. The Morgan fingerprint density at radius 3 is 2.86 bits per heavy atom. The minimum atomic E-state index is -0.710. The second-order valence-corrected chi connectivity index (χ2v) is 5.27. The number of nitrogens with one attached hydrogen (secondary N) is 1. The van der Waals surface area contributed by atoms with E-state index in [0.29, 0.717) is 12.1 Å². The highest BCUT2D eigenvalue weighted by molar-refractivity contribution is 6.32. The fourth-order valence-corrected chi connectivity index (χ4v) is 2.09. The number of nitrogens with zero attached hydrogens (tertiary/aromatic N) is 3. The summed E-state index contributed by atoms with van der Waals surface area (Å²) in [6.45, 7) is 3.49. The van der Waals surface area contributed by atoms with E-state index in [1.54, 1.807) is 31.6 Å². The van der Waals surface area contributed by atoms with Crippen molar-refractivity contribution >= 4 is 29.0 Å². The fraction of sp³-hybridized carbons (Fsp3) is 0.333. The quantitative estimate of drug-likeness (QED) is 0.830. The predicted molar refractivity (Wildman–Crippen MR) is 84.1 cm³/mol. The number of ketones is 1. The van der Waals surface area contributed by atoms with Crippen LogP contribution in [0, 0.1) is 5.92 Å². The highest BCUT2D eigenvalue weighted by Gasteiger charge is 2.22. The Labute approximate surface area is 133 Å². The summed E-state index contributed by atoms with van der Waals surface area (Å²) in [6, 6.07) is 3.59. The second-order valence-electron chi connectivity index (χ2n) is 4.92. The van der Waals surface area contributed by atoms with E-state index in [0.717, 1.165) is 12.1 Å². The Morgan fingerprint density at radius 2 is 2.23 bits per heavy atom. The molecule has 0 bridgehead atoms. The van der Waals surface area contributed by atoms with Crippen LogP contribution in [0.15, 0.2) is 30.7 Å². The number of Topliss-reactive ketones (excluding diaryl/α,β-unsaturated/α-hetero) is 1. The molecule has 0 saturated heterocycles. The first-order chi connectivity index (χ1) is 10.5. The van der Waals surface area contributed by atoms with Gasteiger partial charge in [-0.15, -0.1) is 0 Å². The molecule has 0 spiro atoms. The summed E-state index contributed by atoms with van der Waals surface area (Å²) in [6.07, 6.45) is 5.97. The number of rotatable bonds is 6. The SMILES string of the molecule is CCCC(=O)C(C)C(=O)Nc1cn(-c2cccnc2)nc1Cl. The molecule has 1 amide bonds. The lowest BCUT2D eigenvalue weighted by Gasteiger charge is -2.09. The highest BCUT2D eigenvalue weighted by Crippen LogP contribution is 2.22. The van der Waals surface area contributed by atoms with Crippen molar-refractivity contribution in [3.05, 3.63) is 35.9 Å². The number of hydrogen-bond acceptors (Lipinski definition) is 4. The van der Waals surface area contributed by atoms with Crippen LogP contribution in [0.4, 0.5) is 5.69 Å². The molecule has 6 nitrogen and oxygen atoms in total. The van der Waals surface area contributed by atoms with E-state index < -0.39 is 5.92 Å². The van der Waals surface area contributed by atoms with Crippen molar-refractivity contribution in [2.24, 2.45) is 5.92 Å². The largest absolute Gasteiger partial charge is 0.322 e. The van der Waals surface area contributed by atoms with Gasteiger partial charge in [-0.2, -0.15) is 5.10 Å². The lowest BCUT2D eigenvalue weighted by molar-refractivity contribution is -0.130. The molecule has 2 rings (SSSR count). The number of carbonyl (C=O) groups is 2. The van der Waals surface area contributed by atoms with Crippen molar-refractivity contribution in [3.8, 4) is 5.69 Å². The summed E-state index contributed by atoms with van der Waals surface area (Å²) >= 11 is 6.03. The van der Waals surface area contributed by atoms with Crippen LogP contribution >= 0.6 is 11.6 Å². The van der Waals surface area contributed by atoms with Crippen LogP contribution in [-0.4, -0.2) is 26.5 Å². The number of hydrogen-bond donors (Lipinski definition) is 1. The number of carbonyl (C=O) groups excluding carboxylic acids is 2. The molecular formula is C15H17ClN4O2. The maximum Gasteiger partial charge on any atom is 0.234 e. The first-order valence-corrected chi connectivity index (χ1v) is 7.40. The van der Waals surface area contributed by atoms with Gasteiger partial charge in [-0.1, -0.05) is 18.5 Å². The minimum absolute atomic E-state index is 0.0872. The summed E-state index contributed by atoms with van der Waals surface area (Å²) in [5.74, 6) is -1.18. The van der Waals surface area contributed by atoms with Crippen LogP contribution in [0.1, 0.15) is 26.7 Å². The summed E-state index contributed by atoms with van der Waals surface area (Å²) in [5.41, 5.74) is 1.09. The highest BCUT2D eigenvalue weighted by atomic mass is 35.5. The Balaban J connectivity index is 2.12. The third-order valence-electron chi connectivity index (χ3n) is 3.21. The Bertz CT molecular complexity index is 669. The molecule has 2 aromatic rings. The Morgan fingerprint density at radius 1 is 1.45 bits per heavy atom. The number of pyridine rings is 1. The average Bonchev–Trinajstić information content (AvgIpc) is 2.88. The molecule has 0 aromatic carbocycles. The molecule has 22 heavy (non-hydrogen) atoms. The molecule has 0 radical (unpaired) electrons. The van der Waals surface area contributed by atoms with E-state index in [-0.39, 0.29) is 16.8 Å². The van der Waals surface area contributed by atoms with E-state index in [2.05, 4.69) is 15.4 Å². The molecule has 7 heteroatoms. The standard InChI is InChI=1S/C15H17ClN4O2/c1-3-5-13(21)10(2)15(22)18-12-9-20(19-14(12)16)11-6-4-7-17-8-11/h4,6-10H,3,5H2,1-2H3,(H,18,22). The van der Waals surface area contributed by atoms with Gasteiger partial charge in [0, 0.05) is 12.6 Å². The van der Waals surface area contributed by atoms with Gasteiger partial charge in [-0.3, -0.25) is 14.6 Å². The van der Waals surface area contributed by atoms with Gasteiger partial charge in [0.25, 0.3) is 0 Å². The Kier molecular flexibility index (Phi) is 5.27. The van der Waals surface area contributed by atoms with Crippen LogP contribution < -0.4 is 5.32 Å².